The molecule has 1 aromatic carbocycles. The number of morpholine rings is 1. The van der Waals surface area contributed by atoms with Crippen molar-refractivity contribution in [2.24, 2.45) is 10.9 Å². The van der Waals surface area contributed by atoms with Crippen LogP contribution >= 0.6 is 24.0 Å². The second kappa shape index (κ2) is 11.6. The minimum atomic E-state index is 0. The molecule has 1 N–H and O–H groups in total. The third-order valence-electron chi connectivity index (χ3n) is 6.61. The van der Waals surface area contributed by atoms with Crippen molar-refractivity contribution in [2.75, 3.05) is 59.6 Å². The maximum atomic E-state index is 6.19. The summed E-state index contributed by atoms with van der Waals surface area (Å²) in [6.45, 7) is 9.88. The summed E-state index contributed by atoms with van der Waals surface area (Å²) in [5.41, 5.74) is 2.59. The van der Waals surface area contributed by atoms with Crippen molar-refractivity contribution in [1.82, 2.24) is 15.1 Å². The van der Waals surface area contributed by atoms with Crippen LogP contribution in [0.4, 0.5) is 0 Å². The van der Waals surface area contributed by atoms with Crippen LogP contribution < -0.4 is 5.32 Å². The summed E-state index contributed by atoms with van der Waals surface area (Å²) in [6.07, 6.45) is 3.71. The zero-order valence-corrected chi connectivity index (χ0v) is 20.7. The van der Waals surface area contributed by atoms with Crippen molar-refractivity contribution >= 4 is 29.9 Å². The zero-order chi connectivity index (χ0) is 20.1. The van der Waals surface area contributed by atoms with Gasteiger partial charge in [-0.1, -0.05) is 29.8 Å². The van der Waals surface area contributed by atoms with Gasteiger partial charge >= 0.3 is 0 Å². The van der Waals surface area contributed by atoms with Crippen LogP contribution in [0.1, 0.15) is 36.5 Å². The molecule has 7 heteroatoms. The molecular formula is C23H37IN4O2. The number of aliphatic imine (C=N–C) groups is 1. The molecule has 3 aliphatic rings. The molecule has 3 fully saturated rings. The van der Waals surface area contributed by atoms with Gasteiger partial charge < -0.3 is 19.7 Å². The fraction of sp³-hybridized carbons (Fsp3) is 0.696. The Morgan fingerprint density at radius 1 is 1.10 bits per heavy atom. The Morgan fingerprint density at radius 3 is 2.60 bits per heavy atom. The fourth-order valence-electron chi connectivity index (χ4n) is 4.91. The Balaban J connectivity index is 0.00000256. The van der Waals surface area contributed by atoms with Crippen molar-refractivity contribution in [1.29, 1.82) is 0 Å². The van der Waals surface area contributed by atoms with E-state index in [1.165, 1.54) is 24.0 Å². The van der Waals surface area contributed by atoms with E-state index in [1.54, 1.807) is 0 Å². The number of hydrogen-bond donors (Lipinski definition) is 1. The van der Waals surface area contributed by atoms with Crippen LogP contribution in [0.3, 0.4) is 0 Å². The highest BCUT2D eigenvalue weighted by atomic mass is 127. The number of hydrogen-bond acceptors (Lipinski definition) is 4. The van der Waals surface area contributed by atoms with Gasteiger partial charge in [0.05, 0.1) is 19.3 Å². The van der Waals surface area contributed by atoms with Gasteiger partial charge in [-0.15, -0.1) is 24.0 Å². The fourth-order valence-corrected chi connectivity index (χ4v) is 4.91. The number of ether oxygens (including phenoxy) is 2. The normalized spacial score (nSPS) is 28.3. The molecule has 4 rings (SSSR count). The molecule has 0 amide bonds. The van der Waals surface area contributed by atoms with Gasteiger partial charge in [-0.25, -0.2) is 0 Å². The molecule has 168 valence electrons. The van der Waals surface area contributed by atoms with Crippen LogP contribution in [0.5, 0.6) is 0 Å². The lowest BCUT2D eigenvalue weighted by Gasteiger charge is -2.34. The van der Waals surface area contributed by atoms with Gasteiger partial charge in [0.25, 0.3) is 0 Å². The van der Waals surface area contributed by atoms with Gasteiger partial charge in [-0.3, -0.25) is 9.89 Å². The number of halogens is 1. The molecule has 0 saturated carbocycles. The molecule has 0 aromatic heterocycles. The van der Waals surface area contributed by atoms with E-state index < -0.39 is 0 Å². The summed E-state index contributed by atoms with van der Waals surface area (Å²) in [5, 5.41) is 3.67. The lowest BCUT2D eigenvalue weighted by Crippen LogP contribution is -2.47. The van der Waals surface area contributed by atoms with E-state index in [9.17, 15) is 0 Å². The Hall–Kier alpha value is -0.900. The minimum absolute atomic E-state index is 0. The van der Waals surface area contributed by atoms with E-state index in [0.717, 1.165) is 64.9 Å². The van der Waals surface area contributed by atoms with Crippen LogP contribution in [0.15, 0.2) is 29.3 Å². The van der Waals surface area contributed by atoms with Crippen LogP contribution in [0.2, 0.25) is 0 Å². The quantitative estimate of drug-likeness (QED) is 0.370. The minimum Gasteiger partial charge on any atom is -0.379 e. The average Bonchev–Trinajstić information content (AvgIpc) is 3.26. The van der Waals surface area contributed by atoms with E-state index >= 15 is 0 Å². The number of likely N-dealkylation sites (tertiary alicyclic amines) is 1. The Bertz CT molecular complexity index is 678. The molecule has 3 atom stereocenters. The van der Waals surface area contributed by atoms with Gasteiger partial charge in [0.1, 0.15) is 0 Å². The molecule has 3 heterocycles. The predicted molar refractivity (Wildman–Crippen MR) is 132 cm³/mol. The predicted octanol–water partition coefficient (Wildman–Crippen LogP) is 3.06. The van der Waals surface area contributed by atoms with E-state index in [0.29, 0.717) is 12.0 Å². The Labute approximate surface area is 198 Å². The third-order valence-corrected chi connectivity index (χ3v) is 6.61. The third kappa shape index (κ3) is 5.87. The molecule has 3 aliphatic heterocycles. The molecule has 1 aromatic rings. The van der Waals surface area contributed by atoms with Crippen LogP contribution in [-0.2, 0) is 9.47 Å². The number of aryl methyl sites for hydroxylation is 1. The Morgan fingerprint density at radius 2 is 1.87 bits per heavy atom. The van der Waals surface area contributed by atoms with Gasteiger partial charge in [-0.05, 0) is 31.7 Å². The van der Waals surface area contributed by atoms with Crippen molar-refractivity contribution < 1.29 is 9.47 Å². The van der Waals surface area contributed by atoms with E-state index in [2.05, 4.69) is 51.3 Å². The molecule has 0 aliphatic carbocycles. The van der Waals surface area contributed by atoms with Crippen molar-refractivity contribution in [3.63, 3.8) is 0 Å². The lowest BCUT2D eigenvalue weighted by atomic mass is 9.89. The summed E-state index contributed by atoms with van der Waals surface area (Å²) in [4.78, 5) is 9.59. The van der Waals surface area contributed by atoms with Crippen LogP contribution in [0.25, 0.3) is 0 Å². The van der Waals surface area contributed by atoms with Gasteiger partial charge in [0.2, 0.25) is 0 Å². The number of benzene rings is 1. The lowest BCUT2D eigenvalue weighted by molar-refractivity contribution is -0.0266. The second-order valence-corrected chi connectivity index (χ2v) is 8.57. The highest BCUT2D eigenvalue weighted by Crippen LogP contribution is 2.33. The standard InChI is InChI=1S/C23H36N4O2.HI/c1-18-5-7-19(8-6-18)22-20(4-3-13-29-22)16-25-23(24-2)27-10-9-21(17-27)26-11-14-28-15-12-26;/h5-8,20-22H,3-4,9-17H2,1-2H3,(H,24,25);1H. The number of nitrogens with zero attached hydrogens (tertiary/aromatic N) is 3. The highest BCUT2D eigenvalue weighted by Gasteiger charge is 2.32. The average molecular weight is 528 g/mol. The van der Waals surface area contributed by atoms with E-state index in [4.69, 9.17) is 9.47 Å². The van der Waals surface area contributed by atoms with Crippen LogP contribution in [-0.4, -0.2) is 81.4 Å². The van der Waals surface area contributed by atoms with Crippen LogP contribution in [0, 0.1) is 12.8 Å². The monoisotopic (exact) mass is 528 g/mol. The molecule has 6 nitrogen and oxygen atoms in total. The first-order valence-electron chi connectivity index (χ1n) is 11.2. The zero-order valence-electron chi connectivity index (χ0n) is 18.4. The topological polar surface area (TPSA) is 49.3 Å². The number of nitrogens with one attached hydrogen (secondary N) is 1. The first-order chi connectivity index (χ1) is 14.2. The summed E-state index contributed by atoms with van der Waals surface area (Å²) in [6, 6.07) is 9.44. The van der Waals surface area contributed by atoms with Gasteiger partial charge in [-0.2, -0.15) is 0 Å². The largest absolute Gasteiger partial charge is 0.379 e. The Kier molecular flexibility index (Phi) is 9.22. The van der Waals surface area contributed by atoms with Crippen molar-refractivity contribution in [3.8, 4) is 0 Å². The number of rotatable bonds is 4. The summed E-state index contributed by atoms with van der Waals surface area (Å²) >= 11 is 0. The second-order valence-electron chi connectivity index (χ2n) is 8.57. The molecular weight excluding hydrogens is 491 g/mol. The molecule has 0 radical (unpaired) electrons. The molecule has 0 spiro atoms. The maximum absolute atomic E-state index is 6.19. The first kappa shape index (κ1) is 23.8. The molecule has 3 saturated heterocycles. The van der Waals surface area contributed by atoms with E-state index in [-0.39, 0.29) is 30.1 Å². The molecule has 0 bridgehead atoms. The van der Waals surface area contributed by atoms with Gasteiger partial charge in [0.15, 0.2) is 5.96 Å². The van der Waals surface area contributed by atoms with Gasteiger partial charge in [0, 0.05) is 58.3 Å². The summed E-state index contributed by atoms with van der Waals surface area (Å²) in [5.74, 6) is 1.51. The van der Waals surface area contributed by atoms with Crippen molar-refractivity contribution in [3.05, 3.63) is 35.4 Å². The smallest absolute Gasteiger partial charge is 0.193 e. The SMILES string of the molecule is CN=C(NCC1CCCOC1c1ccc(C)cc1)N1CCC(N2CCOCC2)C1.I. The highest BCUT2D eigenvalue weighted by molar-refractivity contribution is 14.0. The summed E-state index contributed by atoms with van der Waals surface area (Å²) in [7, 11) is 1.90. The molecule has 30 heavy (non-hydrogen) atoms. The maximum Gasteiger partial charge on any atom is 0.193 e. The summed E-state index contributed by atoms with van der Waals surface area (Å²) < 4.78 is 11.7. The first-order valence-corrected chi connectivity index (χ1v) is 11.2. The number of guanidine groups is 1. The molecule has 3 unspecified atom stereocenters. The van der Waals surface area contributed by atoms with E-state index in [1.807, 2.05) is 7.05 Å². The van der Waals surface area contributed by atoms with Crippen molar-refractivity contribution in [2.45, 2.75) is 38.3 Å².